The highest BCUT2D eigenvalue weighted by molar-refractivity contribution is 5.97. The zero-order valence-corrected chi connectivity index (χ0v) is 15.3. The Morgan fingerprint density at radius 1 is 0.962 bits per heavy atom. The van der Waals surface area contributed by atoms with Crippen molar-refractivity contribution in [3.63, 3.8) is 0 Å². The summed E-state index contributed by atoms with van der Waals surface area (Å²) in [5.74, 6) is 0.0881. The van der Waals surface area contributed by atoms with Crippen molar-refractivity contribution in [2.24, 2.45) is 5.92 Å². The molecule has 6 nitrogen and oxygen atoms in total. The molecule has 3 rings (SSSR count). The molecule has 1 unspecified atom stereocenters. The van der Waals surface area contributed by atoms with E-state index < -0.39 is 6.04 Å². The number of carbonyl (C=O) groups is 3. The molecule has 2 aliphatic rings. The molecule has 6 heteroatoms. The first kappa shape index (κ1) is 18.4. The van der Waals surface area contributed by atoms with Gasteiger partial charge in [0, 0.05) is 37.7 Å². The van der Waals surface area contributed by atoms with Gasteiger partial charge in [-0.3, -0.25) is 14.4 Å². The number of nitrogens with zero attached hydrogens (tertiary/aromatic N) is 2. The molecule has 140 valence electrons. The first-order valence-electron chi connectivity index (χ1n) is 9.50. The average Bonchev–Trinajstić information content (AvgIpc) is 3.22. The Morgan fingerprint density at radius 3 is 2.15 bits per heavy atom. The highest BCUT2D eigenvalue weighted by Gasteiger charge is 2.31. The van der Waals surface area contributed by atoms with Crippen molar-refractivity contribution in [2.45, 2.75) is 38.6 Å². The van der Waals surface area contributed by atoms with Crippen LogP contribution in [0.1, 0.15) is 43.0 Å². The molecule has 1 heterocycles. The predicted octanol–water partition coefficient (Wildman–Crippen LogP) is 1.67. The van der Waals surface area contributed by atoms with Crippen molar-refractivity contribution >= 4 is 17.7 Å². The lowest BCUT2D eigenvalue weighted by Gasteiger charge is -2.37. The standard InChI is InChI=1S/C20H27N3O3/c1-15(21-18(24)16-7-3-2-4-8-16)19(25)22-11-13-23(14-12-22)20(26)17-9-5-6-10-17/h2-4,7-8,15,17H,5-6,9-14H2,1H3,(H,21,24). The van der Waals surface area contributed by atoms with Crippen LogP contribution in [0.2, 0.25) is 0 Å². The zero-order chi connectivity index (χ0) is 18.5. The Kier molecular flexibility index (Phi) is 5.91. The zero-order valence-electron chi connectivity index (χ0n) is 15.3. The third kappa shape index (κ3) is 4.23. The third-order valence-electron chi connectivity index (χ3n) is 5.36. The molecule has 1 aliphatic carbocycles. The summed E-state index contributed by atoms with van der Waals surface area (Å²) in [7, 11) is 0. The molecule has 1 aliphatic heterocycles. The van der Waals surface area contributed by atoms with E-state index in [-0.39, 0.29) is 23.6 Å². The molecule has 1 saturated heterocycles. The summed E-state index contributed by atoms with van der Waals surface area (Å²) < 4.78 is 0. The maximum absolute atomic E-state index is 12.6. The number of hydrogen-bond donors (Lipinski definition) is 1. The summed E-state index contributed by atoms with van der Waals surface area (Å²) in [6, 6.07) is 8.29. The summed E-state index contributed by atoms with van der Waals surface area (Å²) >= 11 is 0. The van der Waals surface area contributed by atoms with Gasteiger partial charge in [0.2, 0.25) is 11.8 Å². The smallest absolute Gasteiger partial charge is 0.251 e. The minimum atomic E-state index is -0.584. The largest absolute Gasteiger partial charge is 0.341 e. The van der Waals surface area contributed by atoms with Gasteiger partial charge < -0.3 is 15.1 Å². The topological polar surface area (TPSA) is 69.7 Å². The van der Waals surface area contributed by atoms with E-state index >= 15 is 0 Å². The van der Waals surface area contributed by atoms with Crippen molar-refractivity contribution in [1.82, 2.24) is 15.1 Å². The lowest BCUT2D eigenvalue weighted by Crippen LogP contribution is -2.55. The van der Waals surface area contributed by atoms with Crippen LogP contribution in [0.15, 0.2) is 30.3 Å². The quantitative estimate of drug-likeness (QED) is 0.891. The first-order chi connectivity index (χ1) is 12.6. The fourth-order valence-corrected chi connectivity index (χ4v) is 3.78. The van der Waals surface area contributed by atoms with E-state index in [9.17, 15) is 14.4 Å². The second-order valence-electron chi connectivity index (χ2n) is 7.19. The molecular formula is C20H27N3O3. The maximum Gasteiger partial charge on any atom is 0.251 e. The van der Waals surface area contributed by atoms with E-state index in [1.807, 2.05) is 11.0 Å². The van der Waals surface area contributed by atoms with Crippen LogP contribution in [0.25, 0.3) is 0 Å². The van der Waals surface area contributed by atoms with Crippen LogP contribution >= 0.6 is 0 Å². The van der Waals surface area contributed by atoms with Crippen LogP contribution in [0.4, 0.5) is 0 Å². The van der Waals surface area contributed by atoms with Crippen molar-refractivity contribution in [3.05, 3.63) is 35.9 Å². The predicted molar refractivity (Wildman–Crippen MR) is 98.5 cm³/mol. The van der Waals surface area contributed by atoms with Gasteiger partial charge in [0.05, 0.1) is 0 Å². The molecule has 26 heavy (non-hydrogen) atoms. The van der Waals surface area contributed by atoms with Gasteiger partial charge in [0.15, 0.2) is 0 Å². The average molecular weight is 357 g/mol. The molecule has 0 spiro atoms. The summed E-state index contributed by atoms with van der Waals surface area (Å²) in [6.45, 7) is 3.94. The lowest BCUT2D eigenvalue weighted by molar-refractivity contribution is -0.142. The number of benzene rings is 1. The molecule has 2 fully saturated rings. The van der Waals surface area contributed by atoms with Gasteiger partial charge in [-0.05, 0) is 31.9 Å². The van der Waals surface area contributed by atoms with Crippen LogP contribution in [-0.2, 0) is 9.59 Å². The van der Waals surface area contributed by atoms with E-state index in [0.717, 1.165) is 25.7 Å². The summed E-state index contributed by atoms with van der Waals surface area (Å²) in [5.41, 5.74) is 0.541. The Hall–Kier alpha value is -2.37. The van der Waals surface area contributed by atoms with Gasteiger partial charge in [0.25, 0.3) is 5.91 Å². The highest BCUT2D eigenvalue weighted by Crippen LogP contribution is 2.26. The van der Waals surface area contributed by atoms with Crippen LogP contribution in [-0.4, -0.2) is 59.7 Å². The SMILES string of the molecule is CC(NC(=O)c1ccccc1)C(=O)N1CCN(C(=O)C2CCCC2)CC1. The lowest BCUT2D eigenvalue weighted by atomic mass is 10.1. The fraction of sp³-hybridized carbons (Fsp3) is 0.550. The molecule has 1 aromatic rings. The second kappa shape index (κ2) is 8.34. The summed E-state index contributed by atoms with van der Waals surface area (Å²) in [4.78, 5) is 40.9. The second-order valence-corrected chi connectivity index (χ2v) is 7.19. The fourth-order valence-electron chi connectivity index (χ4n) is 3.78. The number of nitrogens with one attached hydrogen (secondary N) is 1. The van der Waals surface area contributed by atoms with E-state index in [0.29, 0.717) is 31.7 Å². The van der Waals surface area contributed by atoms with Crippen LogP contribution in [0.3, 0.4) is 0 Å². The summed E-state index contributed by atoms with van der Waals surface area (Å²) in [6.07, 6.45) is 4.29. The van der Waals surface area contributed by atoms with Gasteiger partial charge in [0.1, 0.15) is 6.04 Å². The number of carbonyl (C=O) groups excluding carboxylic acids is 3. The highest BCUT2D eigenvalue weighted by atomic mass is 16.2. The van der Waals surface area contributed by atoms with Gasteiger partial charge in [-0.2, -0.15) is 0 Å². The van der Waals surface area contributed by atoms with Gasteiger partial charge in [-0.1, -0.05) is 31.0 Å². The van der Waals surface area contributed by atoms with E-state index in [2.05, 4.69) is 5.32 Å². The minimum Gasteiger partial charge on any atom is -0.341 e. The van der Waals surface area contributed by atoms with Crippen molar-refractivity contribution in [1.29, 1.82) is 0 Å². The van der Waals surface area contributed by atoms with Crippen LogP contribution < -0.4 is 5.32 Å². The van der Waals surface area contributed by atoms with E-state index in [1.54, 1.807) is 36.1 Å². The maximum atomic E-state index is 12.6. The summed E-state index contributed by atoms with van der Waals surface area (Å²) in [5, 5.41) is 2.76. The van der Waals surface area contributed by atoms with E-state index in [1.165, 1.54) is 0 Å². The molecule has 1 N–H and O–H groups in total. The Bertz CT molecular complexity index is 648. The molecule has 0 bridgehead atoms. The monoisotopic (exact) mass is 357 g/mol. The van der Waals surface area contributed by atoms with Gasteiger partial charge >= 0.3 is 0 Å². The molecule has 0 radical (unpaired) electrons. The molecule has 1 aromatic carbocycles. The number of hydrogen-bond acceptors (Lipinski definition) is 3. The minimum absolute atomic E-state index is 0.0951. The van der Waals surface area contributed by atoms with Gasteiger partial charge in [-0.15, -0.1) is 0 Å². The van der Waals surface area contributed by atoms with Crippen LogP contribution in [0, 0.1) is 5.92 Å². The van der Waals surface area contributed by atoms with Crippen molar-refractivity contribution in [2.75, 3.05) is 26.2 Å². The van der Waals surface area contributed by atoms with Gasteiger partial charge in [-0.25, -0.2) is 0 Å². The number of amides is 3. The molecule has 1 saturated carbocycles. The number of rotatable bonds is 4. The van der Waals surface area contributed by atoms with Crippen molar-refractivity contribution < 1.29 is 14.4 Å². The molecular weight excluding hydrogens is 330 g/mol. The Morgan fingerprint density at radius 2 is 1.54 bits per heavy atom. The Balaban J connectivity index is 1.48. The normalized spacial score (nSPS) is 19.3. The first-order valence-corrected chi connectivity index (χ1v) is 9.50. The third-order valence-corrected chi connectivity index (χ3v) is 5.36. The van der Waals surface area contributed by atoms with Crippen LogP contribution in [0.5, 0.6) is 0 Å². The van der Waals surface area contributed by atoms with E-state index in [4.69, 9.17) is 0 Å². The Labute approximate surface area is 154 Å². The molecule has 3 amide bonds. The molecule has 0 aromatic heterocycles. The molecule has 1 atom stereocenters. The number of piperazine rings is 1. The van der Waals surface area contributed by atoms with Crippen molar-refractivity contribution in [3.8, 4) is 0 Å².